The van der Waals surface area contributed by atoms with Crippen LogP contribution in [0.25, 0.3) is 0 Å². The third kappa shape index (κ3) is 5.56. The molecule has 1 fully saturated rings. The second-order valence-corrected chi connectivity index (χ2v) is 8.53. The summed E-state index contributed by atoms with van der Waals surface area (Å²) in [4.78, 5) is 26.2. The molecular formula is C16H29NO4. The van der Waals surface area contributed by atoms with E-state index < -0.39 is 23.3 Å². The molecule has 1 heterocycles. The van der Waals surface area contributed by atoms with Crippen molar-refractivity contribution in [3.05, 3.63) is 0 Å². The average Bonchev–Trinajstić information content (AvgIpc) is 2.49. The monoisotopic (exact) mass is 299 g/mol. The molecule has 0 radical (unpaired) electrons. The summed E-state index contributed by atoms with van der Waals surface area (Å²) in [5, 5.41) is 0. The van der Waals surface area contributed by atoms with E-state index in [1.54, 1.807) is 0 Å². The van der Waals surface area contributed by atoms with Crippen molar-refractivity contribution in [1.29, 1.82) is 0 Å². The van der Waals surface area contributed by atoms with Crippen molar-refractivity contribution in [1.82, 2.24) is 4.90 Å². The molecule has 1 aliphatic rings. The van der Waals surface area contributed by atoms with Crippen LogP contribution in [0.2, 0.25) is 0 Å². The minimum atomic E-state index is -0.581. The van der Waals surface area contributed by atoms with Gasteiger partial charge in [-0.1, -0.05) is 13.8 Å². The van der Waals surface area contributed by atoms with Gasteiger partial charge in [-0.25, -0.2) is 9.59 Å². The first kappa shape index (κ1) is 17.8. The highest BCUT2D eigenvalue weighted by Crippen LogP contribution is 2.36. The molecule has 1 amide bonds. The van der Waals surface area contributed by atoms with Crippen molar-refractivity contribution in [2.75, 3.05) is 6.54 Å². The Balaban J connectivity index is 2.89. The van der Waals surface area contributed by atoms with Gasteiger partial charge in [0.1, 0.15) is 17.2 Å². The lowest BCUT2D eigenvalue weighted by Gasteiger charge is -2.29. The van der Waals surface area contributed by atoms with E-state index in [9.17, 15) is 9.59 Å². The molecule has 0 saturated carbocycles. The van der Waals surface area contributed by atoms with E-state index in [-0.39, 0.29) is 11.4 Å². The summed E-state index contributed by atoms with van der Waals surface area (Å²) in [5.41, 5.74) is -1.27. The quantitative estimate of drug-likeness (QED) is 0.697. The number of esters is 1. The van der Waals surface area contributed by atoms with Gasteiger partial charge in [-0.05, 0) is 53.4 Å². The Labute approximate surface area is 128 Å². The van der Waals surface area contributed by atoms with Crippen molar-refractivity contribution in [3.63, 3.8) is 0 Å². The molecule has 0 bridgehead atoms. The number of nitrogens with zero attached hydrogens (tertiary/aromatic N) is 1. The van der Waals surface area contributed by atoms with Crippen LogP contribution in [0, 0.1) is 5.41 Å². The van der Waals surface area contributed by atoms with Crippen LogP contribution < -0.4 is 0 Å². The maximum atomic E-state index is 12.4. The summed E-state index contributed by atoms with van der Waals surface area (Å²) in [7, 11) is 0. The zero-order valence-electron chi connectivity index (χ0n) is 14.6. The van der Waals surface area contributed by atoms with Crippen LogP contribution in [-0.2, 0) is 14.3 Å². The van der Waals surface area contributed by atoms with Gasteiger partial charge < -0.3 is 9.47 Å². The molecule has 5 nitrogen and oxygen atoms in total. The number of likely N-dealkylation sites (tertiary alicyclic amines) is 1. The maximum Gasteiger partial charge on any atom is 0.411 e. The first-order chi connectivity index (χ1) is 9.20. The van der Waals surface area contributed by atoms with Crippen LogP contribution in [0.4, 0.5) is 4.79 Å². The first-order valence-electron chi connectivity index (χ1n) is 7.43. The zero-order chi connectivity index (χ0) is 16.6. The second-order valence-electron chi connectivity index (χ2n) is 8.53. The summed E-state index contributed by atoms with van der Waals surface area (Å²) < 4.78 is 10.8. The fourth-order valence-corrected chi connectivity index (χ4v) is 2.36. The van der Waals surface area contributed by atoms with Gasteiger partial charge in [-0.2, -0.15) is 0 Å². The Morgan fingerprint density at radius 1 is 1.00 bits per heavy atom. The van der Waals surface area contributed by atoms with E-state index in [1.165, 1.54) is 4.90 Å². The Kier molecular flexibility index (Phi) is 4.66. The van der Waals surface area contributed by atoms with Crippen molar-refractivity contribution in [2.24, 2.45) is 5.41 Å². The molecule has 0 aromatic heterocycles. The van der Waals surface area contributed by atoms with Gasteiger partial charge in [0.25, 0.3) is 0 Å². The molecule has 0 aliphatic carbocycles. The summed E-state index contributed by atoms with van der Waals surface area (Å²) >= 11 is 0. The first-order valence-corrected chi connectivity index (χ1v) is 7.43. The van der Waals surface area contributed by atoms with Gasteiger partial charge in [-0.3, -0.25) is 4.90 Å². The molecule has 122 valence electrons. The highest BCUT2D eigenvalue weighted by molar-refractivity contribution is 5.82. The molecule has 0 aromatic carbocycles. The van der Waals surface area contributed by atoms with Gasteiger partial charge in [0.2, 0.25) is 0 Å². The largest absolute Gasteiger partial charge is 0.458 e. The van der Waals surface area contributed by atoms with Gasteiger partial charge >= 0.3 is 12.1 Å². The fraction of sp³-hybridized carbons (Fsp3) is 0.875. The van der Waals surface area contributed by atoms with Gasteiger partial charge in [0.05, 0.1) is 0 Å². The van der Waals surface area contributed by atoms with E-state index in [0.717, 1.165) is 0 Å². The lowest BCUT2D eigenvalue weighted by molar-refractivity contribution is -0.160. The molecule has 5 heteroatoms. The van der Waals surface area contributed by atoms with Crippen LogP contribution in [0.5, 0.6) is 0 Å². The number of carbonyl (C=O) groups excluding carboxylic acids is 2. The van der Waals surface area contributed by atoms with Crippen LogP contribution in [0.15, 0.2) is 0 Å². The predicted molar refractivity (Wildman–Crippen MR) is 81.0 cm³/mol. The molecule has 0 aromatic rings. The summed E-state index contributed by atoms with van der Waals surface area (Å²) in [6.45, 7) is 15.5. The Hall–Kier alpha value is -1.26. The number of carbonyl (C=O) groups is 2. The van der Waals surface area contributed by atoms with E-state index in [1.807, 2.05) is 55.4 Å². The molecule has 1 rings (SSSR count). The van der Waals surface area contributed by atoms with Crippen LogP contribution in [0.1, 0.15) is 61.8 Å². The molecule has 0 N–H and O–H groups in total. The summed E-state index contributed by atoms with van der Waals surface area (Å²) in [6.07, 6.45) is 0.130. The summed E-state index contributed by atoms with van der Waals surface area (Å²) in [6, 6.07) is -0.575. The van der Waals surface area contributed by atoms with Crippen LogP contribution in [0.3, 0.4) is 0 Å². The second kappa shape index (κ2) is 5.50. The molecule has 1 unspecified atom stereocenters. The molecule has 21 heavy (non-hydrogen) atoms. The Morgan fingerprint density at radius 3 is 1.90 bits per heavy atom. The molecule has 1 saturated heterocycles. The SMILES string of the molecule is CC1(C)CC(C(=O)OC(C)(C)C)N(C(=O)OC(C)(C)C)C1. The van der Waals surface area contributed by atoms with E-state index >= 15 is 0 Å². The Bertz CT molecular complexity index is 377. The minimum absolute atomic E-state index is 0.127. The standard InChI is InChI=1S/C16H29NO4/c1-14(2,3)20-12(18)11-9-16(7,8)10-17(11)13(19)21-15(4,5)6/h11H,9-10H2,1-8H3. The van der Waals surface area contributed by atoms with E-state index in [0.29, 0.717) is 13.0 Å². The zero-order valence-corrected chi connectivity index (χ0v) is 14.6. The fourth-order valence-electron chi connectivity index (χ4n) is 2.36. The predicted octanol–water partition coefficient (Wildman–Crippen LogP) is 3.36. The van der Waals surface area contributed by atoms with Gasteiger partial charge in [0, 0.05) is 6.54 Å². The smallest absolute Gasteiger partial charge is 0.411 e. The third-order valence-electron chi connectivity index (χ3n) is 3.03. The number of hydrogen-bond donors (Lipinski definition) is 0. The van der Waals surface area contributed by atoms with Crippen molar-refractivity contribution in [3.8, 4) is 0 Å². The maximum absolute atomic E-state index is 12.4. The van der Waals surface area contributed by atoms with Crippen molar-refractivity contribution >= 4 is 12.1 Å². The number of ether oxygens (including phenoxy) is 2. The lowest BCUT2D eigenvalue weighted by atomic mass is 9.91. The van der Waals surface area contributed by atoms with E-state index in [4.69, 9.17) is 9.47 Å². The number of hydrogen-bond acceptors (Lipinski definition) is 4. The Morgan fingerprint density at radius 2 is 1.48 bits per heavy atom. The average molecular weight is 299 g/mol. The van der Waals surface area contributed by atoms with Crippen molar-refractivity contribution in [2.45, 2.75) is 79.1 Å². The van der Waals surface area contributed by atoms with Crippen molar-refractivity contribution < 1.29 is 19.1 Å². The molecular weight excluding hydrogens is 270 g/mol. The molecule has 1 atom stereocenters. The van der Waals surface area contributed by atoms with Gasteiger partial charge in [0.15, 0.2) is 0 Å². The van der Waals surface area contributed by atoms with Crippen LogP contribution >= 0.6 is 0 Å². The van der Waals surface area contributed by atoms with Gasteiger partial charge in [-0.15, -0.1) is 0 Å². The summed E-state index contributed by atoms with van der Waals surface area (Å²) in [5.74, 6) is -0.362. The normalized spacial score (nSPS) is 22.1. The number of amides is 1. The lowest BCUT2D eigenvalue weighted by Crippen LogP contribution is -2.45. The minimum Gasteiger partial charge on any atom is -0.458 e. The molecule has 0 spiro atoms. The number of rotatable bonds is 1. The third-order valence-corrected chi connectivity index (χ3v) is 3.03. The van der Waals surface area contributed by atoms with E-state index in [2.05, 4.69) is 0 Å². The topological polar surface area (TPSA) is 55.8 Å². The highest BCUT2D eigenvalue weighted by atomic mass is 16.6. The molecule has 1 aliphatic heterocycles. The van der Waals surface area contributed by atoms with Crippen LogP contribution in [-0.4, -0.2) is 40.8 Å². The highest BCUT2D eigenvalue weighted by Gasteiger charge is 2.46.